The van der Waals surface area contributed by atoms with E-state index in [0.717, 1.165) is 11.8 Å². The summed E-state index contributed by atoms with van der Waals surface area (Å²) in [5.74, 6) is -1.84. The molecule has 21 heavy (non-hydrogen) atoms. The summed E-state index contributed by atoms with van der Waals surface area (Å²) in [7, 11) is 0. The molecule has 0 saturated heterocycles. The van der Waals surface area contributed by atoms with Crippen molar-refractivity contribution in [3.8, 4) is 5.69 Å². The van der Waals surface area contributed by atoms with Crippen molar-refractivity contribution in [3.05, 3.63) is 83.7 Å². The van der Waals surface area contributed by atoms with Crippen molar-refractivity contribution in [3.63, 3.8) is 0 Å². The van der Waals surface area contributed by atoms with Gasteiger partial charge in [0.2, 0.25) is 0 Å². The predicted octanol–water partition coefficient (Wildman–Crippen LogP) is 3.20. The Kier molecular flexibility index (Phi) is 3.50. The van der Waals surface area contributed by atoms with E-state index >= 15 is 0 Å². The molecule has 0 spiro atoms. The van der Waals surface area contributed by atoms with E-state index in [1.807, 2.05) is 30.3 Å². The minimum atomic E-state index is -0.931. The molecule has 3 rings (SSSR count). The molecule has 0 amide bonds. The molecular formula is C16H13F2N3. The Hall–Kier alpha value is -2.53. The summed E-state index contributed by atoms with van der Waals surface area (Å²) in [6, 6.07) is 14.3. The average Bonchev–Trinajstić information content (AvgIpc) is 3.00. The quantitative estimate of drug-likeness (QED) is 0.803. The molecule has 3 nitrogen and oxygen atoms in total. The van der Waals surface area contributed by atoms with Crippen LogP contribution < -0.4 is 5.73 Å². The molecule has 3 aromatic rings. The summed E-state index contributed by atoms with van der Waals surface area (Å²) >= 11 is 0. The van der Waals surface area contributed by atoms with Crippen LogP contribution in [0.4, 0.5) is 8.78 Å². The smallest absolute Gasteiger partial charge is 0.163 e. The number of hydrogen-bond acceptors (Lipinski definition) is 2. The number of halogens is 2. The molecule has 0 aliphatic rings. The van der Waals surface area contributed by atoms with Crippen LogP contribution in [0.3, 0.4) is 0 Å². The molecule has 0 aliphatic heterocycles. The molecule has 0 fully saturated rings. The standard InChI is InChI=1S/C16H13F2N3/c17-13-8-4-7-12(15(13)18)16(19)14-9-10-21(20-14)11-5-2-1-3-6-11/h1-10,16H,19H2. The molecule has 2 N–H and O–H groups in total. The summed E-state index contributed by atoms with van der Waals surface area (Å²) in [6.07, 6.45) is 1.74. The maximum atomic E-state index is 13.8. The highest BCUT2D eigenvalue weighted by atomic mass is 19.2. The van der Waals surface area contributed by atoms with Gasteiger partial charge in [-0.3, -0.25) is 0 Å². The summed E-state index contributed by atoms with van der Waals surface area (Å²) in [5.41, 5.74) is 7.43. The first kappa shape index (κ1) is 13.5. The summed E-state index contributed by atoms with van der Waals surface area (Å²) in [4.78, 5) is 0. The fourth-order valence-corrected chi connectivity index (χ4v) is 2.15. The maximum absolute atomic E-state index is 13.8. The normalized spacial score (nSPS) is 12.3. The van der Waals surface area contributed by atoms with Gasteiger partial charge in [-0.15, -0.1) is 0 Å². The van der Waals surface area contributed by atoms with E-state index in [1.165, 1.54) is 12.1 Å². The van der Waals surface area contributed by atoms with Crippen molar-refractivity contribution in [1.29, 1.82) is 0 Å². The lowest BCUT2D eigenvalue weighted by atomic mass is 10.0. The Bertz CT molecular complexity index is 753. The molecule has 0 radical (unpaired) electrons. The van der Waals surface area contributed by atoms with E-state index in [2.05, 4.69) is 5.10 Å². The van der Waals surface area contributed by atoms with Crippen LogP contribution in [0, 0.1) is 11.6 Å². The lowest BCUT2D eigenvalue weighted by Gasteiger charge is -2.10. The Morgan fingerprint density at radius 1 is 0.952 bits per heavy atom. The molecule has 0 aliphatic carbocycles. The zero-order valence-corrected chi connectivity index (χ0v) is 11.1. The van der Waals surface area contributed by atoms with Crippen molar-refractivity contribution in [1.82, 2.24) is 9.78 Å². The molecule has 1 heterocycles. The Balaban J connectivity index is 1.95. The van der Waals surface area contributed by atoms with Gasteiger partial charge >= 0.3 is 0 Å². The van der Waals surface area contributed by atoms with E-state index < -0.39 is 17.7 Å². The third kappa shape index (κ3) is 2.55. The van der Waals surface area contributed by atoms with Crippen LogP contribution in [0.5, 0.6) is 0 Å². The molecule has 0 bridgehead atoms. The third-order valence-corrected chi connectivity index (χ3v) is 3.27. The topological polar surface area (TPSA) is 43.8 Å². The summed E-state index contributed by atoms with van der Waals surface area (Å²) in [6.45, 7) is 0. The SMILES string of the molecule is NC(c1ccn(-c2ccccc2)n1)c1cccc(F)c1F. The molecule has 1 atom stereocenters. The fraction of sp³-hybridized carbons (Fsp3) is 0.0625. The van der Waals surface area contributed by atoms with Crippen molar-refractivity contribution in [2.24, 2.45) is 5.73 Å². The van der Waals surface area contributed by atoms with Crippen molar-refractivity contribution in [2.75, 3.05) is 0 Å². The van der Waals surface area contributed by atoms with Gasteiger partial charge in [0.15, 0.2) is 11.6 Å². The minimum Gasteiger partial charge on any atom is -0.319 e. The number of nitrogens with zero attached hydrogens (tertiary/aromatic N) is 2. The second-order valence-corrected chi connectivity index (χ2v) is 4.64. The lowest BCUT2D eigenvalue weighted by molar-refractivity contribution is 0.493. The highest BCUT2D eigenvalue weighted by Gasteiger charge is 2.18. The molecule has 0 saturated carbocycles. The number of aromatic nitrogens is 2. The molecule has 1 unspecified atom stereocenters. The zero-order valence-electron chi connectivity index (χ0n) is 11.1. The number of para-hydroxylation sites is 1. The van der Waals surface area contributed by atoms with Gasteiger partial charge < -0.3 is 5.73 Å². The van der Waals surface area contributed by atoms with Gasteiger partial charge in [0.05, 0.1) is 17.4 Å². The molecule has 106 valence electrons. The first-order valence-corrected chi connectivity index (χ1v) is 6.47. The van der Waals surface area contributed by atoms with E-state index in [1.54, 1.807) is 16.9 Å². The average molecular weight is 285 g/mol. The third-order valence-electron chi connectivity index (χ3n) is 3.27. The van der Waals surface area contributed by atoms with Crippen LogP contribution in [0.2, 0.25) is 0 Å². The van der Waals surface area contributed by atoms with Gasteiger partial charge in [0.25, 0.3) is 0 Å². The van der Waals surface area contributed by atoms with E-state index in [4.69, 9.17) is 5.73 Å². The van der Waals surface area contributed by atoms with Crippen LogP contribution >= 0.6 is 0 Å². The number of benzene rings is 2. The van der Waals surface area contributed by atoms with Crippen LogP contribution in [0.1, 0.15) is 17.3 Å². The largest absolute Gasteiger partial charge is 0.319 e. The minimum absolute atomic E-state index is 0.0910. The second kappa shape index (κ2) is 5.46. The maximum Gasteiger partial charge on any atom is 0.163 e. The monoisotopic (exact) mass is 285 g/mol. The molecular weight excluding hydrogens is 272 g/mol. The number of hydrogen-bond donors (Lipinski definition) is 1. The molecule has 2 aromatic carbocycles. The highest BCUT2D eigenvalue weighted by molar-refractivity contribution is 5.33. The zero-order chi connectivity index (χ0) is 14.8. The van der Waals surface area contributed by atoms with Crippen molar-refractivity contribution < 1.29 is 8.78 Å². The van der Waals surface area contributed by atoms with E-state index in [9.17, 15) is 8.78 Å². The van der Waals surface area contributed by atoms with Gasteiger partial charge in [0.1, 0.15) is 0 Å². The summed E-state index contributed by atoms with van der Waals surface area (Å²) < 4.78 is 28.7. The summed E-state index contributed by atoms with van der Waals surface area (Å²) in [5, 5.41) is 4.33. The van der Waals surface area contributed by atoms with Crippen LogP contribution in [-0.4, -0.2) is 9.78 Å². The molecule has 5 heteroatoms. The van der Waals surface area contributed by atoms with Crippen molar-refractivity contribution >= 4 is 0 Å². The van der Waals surface area contributed by atoms with Gasteiger partial charge in [-0.25, -0.2) is 13.5 Å². The Morgan fingerprint density at radius 2 is 1.71 bits per heavy atom. The molecule has 1 aromatic heterocycles. The van der Waals surface area contributed by atoms with Crippen LogP contribution in [0.25, 0.3) is 5.69 Å². The highest BCUT2D eigenvalue weighted by Crippen LogP contribution is 2.23. The number of rotatable bonds is 3. The number of nitrogens with two attached hydrogens (primary N) is 1. The first-order valence-electron chi connectivity index (χ1n) is 6.47. The van der Waals surface area contributed by atoms with Gasteiger partial charge in [0, 0.05) is 11.8 Å². The second-order valence-electron chi connectivity index (χ2n) is 4.64. The van der Waals surface area contributed by atoms with E-state index in [0.29, 0.717) is 5.69 Å². The predicted molar refractivity (Wildman–Crippen MR) is 76.0 cm³/mol. The van der Waals surface area contributed by atoms with E-state index in [-0.39, 0.29) is 5.56 Å². The van der Waals surface area contributed by atoms with Gasteiger partial charge in [-0.1, -0.05) is 30.3 Å². The van der Waals surface area contributed by atoms with Gasteiger partial charge in [-0.2, -0.15) is 5.10 Å². The van der Waals surface area contributed by atoms with Gasteiger partial charge in [-0.05, 0) is 24.3 Å². The Morgan fingerprint density at radius 3 is 2.48 bits per heavy atom. The Labute approximate surface area is 120 Å². The fourth-order valence-electron chi connectivity index (χ4n) is 2.15. The van der Waals surface area contributed by atoms with Crippen LogP contribution in [0.15, 0.2) is 60.8 Å². The lowest BCUT2D eigenvalue weighted by Crippen LogP contribution is -2.15. The first-order chi connectivity index (χ1) is 10.2. The van der Waals surface area contributed by atoms with Crippen LogP contribution in [-0.2, 0) is 0 Å². The van der Waals surface area contributed by atoms with Crippen molar-refractivity contribution in [2.45, 2.75) is 6.04 Å².